The van der Waals surface area contributed by atoms with Crippen LogP contribution in [-0.4, -0.2) is 18.6 Å². The third-order valence-electron chi connectivity index (χ3n) is 4.14. The van der Waals surface area contributed by atoms with Crippen molar-refractivity contribution in [2.75, 3.05) is 11.4 Å². The highest BCUT2D eigenvalue weighted by Gasteiger charge is 2.27. The second-order valence-corrected chi connectivity index (χ2v) is 6.47. The van der Waals surface area contributed by atoms with Gasteiger partial charge in [-0.2, -0.15) is 0 Å². The van der Waals surface area contributed by atoms with E-state index < -0.39 is 0 Å². The van der Waals surface area contributed by atoms with Gasteiger partial charge >= 0.3 is 0 Å². The Kier molecular flexibility index (Phi) is 4.29. The molecule has 20 heavy (non-hydrogen) atoms. The molecule has 0 atom stereocenters. The molecule has 1 aromatic carbocycles. The van der Waals surface area contributed by atoms with Crippen LogP contribution in [0.2, 0.25) is 0 Å². The van der Waals surface area contributed by atoms with Crippen LogP contribution >= 0.6 is 15.9 Å². The Labute approximate surface area is 128 Å². The van der Waals surface area contributed by atoms with Crippen LogP contribution in [0.1, 0.15) is 44.9 Å². The van der Waals surface area contributed by atoms with Gasteiger partial charge in [0.05, 0.1) is 6.10 Å². The fraction of sp³-hybridized carbons (Fsp3) is 0.562. The Balaban J connectivity index is 1.86. The number of hydrogen-bond acceptors (Lipinski definition) is 2. The van der Waals surface area contributed by atoms with Gasteiger partial charge in [0.15, 0.2) is 0 Å². The first kappa shape index (κ1) is 13.9. The van der Waals surface area contributed by atoms with Crippen molar-refractivity contribution in [3.8, 4) is 5.75 Å². The van der Waals surface area contributed by atoms with Crippen LogP contribution in [0.15, 0.2) is 22.7 Å². The van der Waals surface area contributed by atoms with Crippen molar-refractivity contribution in [2.45, 2.75) is 51.0 Å². The Morgan fingerprint density at radius 3 is 2.65 bits per heavy atom. The van der Waals surface area contributed by atoms with Crippen molar-refractivity contribution < 1.29 is 9.53 Å². The summed E-state index contributed by atoms with van der Waals surface area (Å²) in [5.74, 6) is 1.05. The van der Waals surface area contributed by atoms with Crippen molar-refractivity contribution >= 4 is 27.5 Å². The molecule has 1 aliphatic heterocycles. The standard InChI is InChI=1S/C16H20BrNO2/c17-13-8-4-9-14(20-12-6-2-1-3-7-12)16(13)18-11-5-10-15(18)19/h4,8-9,12H,1-3,5-7,10-11H2. The Morgan fingerprint density at radius 2 is 1.95 bits per heavy atom. The van der Waals surface area contributed by atoms with E-state index in [2.05, 4.69) is 15.9 Å². The minimum atomic E-state index is 0.199. The molecule has 1 heterocycles. The average Bonchev–Trinajstić information content (AvgIpc) is 2.86. The maximum Gasteiger partial charge on any atom is 0.227 e. The third-order valence-corrected chi connectivity index (χ3v) is 4.78. The molecule has 1 aliphatic carbocycles. The van der Waals surface area contributed by atoms with E-state index in [4.69, 9.17) is 4.74 Å². The number of halogens is 1. The number of hydrogen-bond donors (Lipinski definition) is 0. The maximum absolute atomic E-state index is 12.0. The van der Waals surface area contributed by atoms with Crippen LogP contribution in [-0.2, 0) is 4.79 Å². The van der Waals surface area contributed by atoms with Gasteiger partial charge in [-0.3, -0.25) is 4.79 Å². The van der Waals surface area contributed by atoms with E-state index in [1.165, 1.54) is 19.3 Å². The summed E-state index contributed by atoms with van der Waals surface area (Å²) >= 11 is 3.58. The number of ether oxygens (including phenoxy) is 1. The minimum absolute atomic E-state index is 0.199. The summed E-state index contributed by atoms with van der Waals surface area (Å²) in [7, 11) is 0. The number of carbonyl (C=O) groups excluding carboxylic acids is 1. The molecule has 0 N–H and O–H groups in total. The zero-order valence-corrected chi connectivity index (χ0v) is 13.2. The Hall–Kier alpha value is -1.03. The number of amides is 1. The molecule has 1 saturated carbocycles. The highest BCUT2D eigenvalue weighted by atomic mass is 79.9. The van der Waals surface area contributed by atoms with Gasteiger partial charge in [0.25, 0.3) is 0 Å². The monoisotopic (exact) mass is 337 g/mol. The summed E-state index contributed by atoms with van der Waals surface area (Å²) in [5, 5.41) is 0. The van der Waals surface area contributed by atoms with Gasteiger partial charge in [0.1, 0.15) is 11.4 Å². The SMILES string of the molecule is O=C1CCCN1c1c(Br)cccc1OC1CCCCC1. The molecule has 2 fully saturated rings. The normalized spacial score (nSPS) is 20.4. The molecule has 0 radical (unpaired) electrons. The van der Waals surface area contributed by atoms with Crippen LogP contribution in [0, 0.1) is 0 Å². The van der Waals surface area contributed by atoms with Crippen LogP contribution in [0.4, 0.5) is 5.69 Å². The lowest BCUT2D eigenvalue weighted by atomic mass is 9.98. The van der Waals surface area contributed by atoms with Crippen molar-refractivity contribution in [3.05, 3.63) is 22.7 Å². The van der Waals surface area contributed by atoms with E-state index in [0.717, 1.165) is 41.7 Å². The number of rotatable bonds is 3. The fourth-order valence-corrected chi connectivity index (χ4v) is 3.66. The van der Waals surface area contributed by atoms with E-state index in [-0.39, 0.29) is 5.91 Å². The molecular formula is C16H20BrNO2. The van der Waals surface area contributed by atoms with Gasteiger partial charge in [0, 0.05) is 17.4 Å². The Morgan fingerprint density at radius 1 is 1.15 bits per heavy atom. The van der Waals surface area contributed by atoms with Gasteiger partial charge in [-0.05, 0) is 60.2 Å². The quantitative estimate of drug-likeness (QED) is 0.823. The zero-order chi connectivity index (χ0) is 13.9. The summed E-state index contributed by atoms with van der Waals surface area (Å²) in [6.07, 6.45) is 7.94. The molecule has 0 aromatic heterocycles. The van der Waals surface area contributed by atoms with Gasteiger partial charge in [-0.1, -0.05) is 12.5 Å². The summed E-state index contributed by atoms with van der Waals surface area (Å²) in [4.78, 5) is 13.9. The minimum Gasteiger partial charge on any atom is -0.488 e. The second-order valence-electron chi connectivity index (χ2n) is 5.61. The lowest BCUT2D eigenvalue weighted by Crippen LogP contribution is -2.26. The van der Waals surface area contributed by atoms with E-state index in [9.17, 15) is 4.79 Å². The first-order valence-electron chi connectivity index (χ1n) is 7.51. The highest BCUT2D eigenvalue weighted by molar-refractivity contribution is 9.10. The van der Waals surface area contributed by atoms with Gasteiger partial charge in [0.2, 0.25) is 5.91 Å². The first-order valence-corrected chi connectivity index (χ1v) is 8.30. The van der Waals surface area contributed by atoms with Crippen LogP contribution in [0.5, 0.6) is 5.75 Å². The fourth-order valence-electron chi connectivity index (χ4n) is 3.10. The summed E-state index contributed by atoms with van der Waals surface area (Å²) in [5.41, 5.74) is 0.917. The molecule has 4 heteroatoms. The molecule has 108 valence electrons. The van der Waals surface area contributed by atoms with Gasteiger partial charge < -0.3 is 9.64 Å². The second kappa shape index (κ2) is 6.17. The molecule has 1 aromatic rings. The smallest absolute Gasteiger partial charge is 0.227 e. The van der Waals surface area contributed by atoms with Crippen molar-refractivity contribution in [1.82, 2.24) is 0 Å². The molecule has 3 rings (SSSR count). The number of carbonyl (C=O) groups is 1. The van der Waals surface area contributed by atoms with E-state index in [1.54, 1.807) is 0 Å². The predicted molar refractivity (Wildman–Crippen MR) is 83.2 cm³/mol. The van der Waals surface area contributed by atoms with Crippen molar-refractivity contribution in [1.29, 1.82) is 0 Å². The molecule has 1 saturated heterocycles. The van der Waals surface area contributed by atoms with E-state index in [1.807, 2.05) is 23.1 Å². The van der Waals surface area contributed by atoms with Crippen molar-refractivity contribution in [2.24, 2.45) is 0 Å². The summed E-state index contributed by atoms with van der Waals surface area (Å²) < 4.78 is 7.15. The average molecular weight is 338 g/mol. The number of anilines is 1. The molecule has 0 bridgehead atoms. The predicted octanol–water partition coefficient (Wildman–Crippen LogP) is 4.29. The Bertz CT molecular complexity index is 497. The van der Waals surface area contributed by atoms with Crippen LogP contribution in [0.25, 0.3) is 0 Å². The largest absolute Gasteiger partial charge is 0.488 e. The van der Waals surface area contributed by atoms with Crippen LogP contribution < -0.4 is 9.64 Å². The summed E-state index contributed by atoms with van der Waals surface area (Å²) in [6, 6.07) is 5.95. The van der Waals surface area contributed by atoms with Crippen LogP contribution in [0.3, 0.4) is 0 Å². The number of benzene rings is 1. The summed E-state index contributed by atoms with van der Waals surface area (Å²) in [6.45, 7) is 0.794. The molecule has 0 spiro atoms. The topological polar surface area (TPSA) is 29.5 Å². The van der Waals surface area contributed by atoms with E-state index in [0.29, 0.717) is 12.5 Å². The number of nitrogens with zero attached hydrogens (tertiary/aromatic N) is 1. The van der Waals surface area contributed by atoms with Gasteiger partial charge in [-0.15, -0.1) is 0 Å². The number of para-hydroxylation sites is 1. The molecule has 1 amide bonds. The van der Waals surface area contributed by atoms with E-state index >= 15 is 0 Å². The van der Waals surface area contributed by atoms with Gasteiger partial charge in [-0.25, -0.2) is 0 Å². The third kappa shape index (κ3) is 2.85. The lowest BCUT2D eigenvalue weighted by molar-refractivity contribution is -0.117. The molecule has 0 unspecified atom stereocenters. The molecule has 3 nitrogen and oxygen atoms in total. The maximum atomic E-state index is 12.0. The zero-order valence-electron chi connectivity index (χ0n) is 11.6. The lowest BCUT2D eigenvalue weighted by Gasteiger charge is -2.27. The van der Waals surface area contributed by atoms with Crippen molar-refractivity contribution in [3.63, 3.8) is 0 Å². The molecular weight excluding hydrogens is 318 g/mol. The first-order chi connectivity index (χ1) is 9.75. The highest BCUT2D eigenvalue weighted by Crippen LogP contribution is 2.39. The molecule has 2 aliphatic rings.